The van der Waals surface area contributed by atoms with Crippen molar-refractivity contribution in [1.82, 2.24) is 9.78 Å². The maximum Gasteiger partial charge on any atom is 0.143 e. The third-order valence-corrected chi connectivity index (χ3v) is 6.36. The number of nitrogens with zero attached hydrogens (tertiary/aromatic N) is 2. The van der Waals surface area contributed by atoms with Crippen LogP contribution in [0, 0.1) is 19.3 Å². The molecule has 1 aliphatic rings. The van der Waals surface area contributed by atoms with E-state index in [-0.39, 0.29) is 5.78 Å². The maximum absolute atomic E-state index is 12.9. The molecule has 0 atom stereocenters. The number of benzene rings is 2. The predicted molar refractivity (Wildman–Crippen MR) is 126 cm³/mol. The standard InChI is InChI=1S/C25H23Cl2N3O/c1-4-20-22(25(11-12-25)21(31)5-2)24(28-15-17-9-7-6-8-10-17)30(29-20)23-18(26)13-16(3)14-19(23)27/h1,6-10,13-14,28H,5,11-12,15H2,2-3H3. The molecule has 0 amide bonds. The molecule has 0 bridgehead atoms. The average molecular weight is 452 g/mol. The van der Waals surface area contributed by atoms with Gasteiger partial charge in [-0.3, -0.25) is 4.79 Å². The number of ketones is 1. The van der Waals surface area contributed by atoms with E-state index in [4.69, 9.17) is 29.6 Å². The van der Waals surface area contributed by atoms with E-state index in [9.17, 15) is 4.79 Å². The van der Waals surface area contributed by atoms with Crippen LogP contribution in [0.5, 0.6) is 0 Å². The van der Waals surface area contributed by atoms with Crippen molar-refractivity contribution in [2.24, 2.45) is 0 Å². The Kier molecular flexibility index (Phi) is 5.83. The lowest BCUT2D eigenvalue weighted by molar-refractivity contribution is -0.121. The highest BCUT2D eigenvalue weighted by Gasteiger charge is 2.54. The van der Waals surface area contributed by atoms with Crippen LogP contribution in [0.15, 0.2) is 42.5 Å². The van der Waals surface area contributed by atoms with Crippen LogP contribution in [0.3, 0.4) is 0 Å². The number of Topliss-reactive ketones (excluding diaryl/α,β-unsaturated/α-hetero) is 1. The summed E-state index contributed by atoms with van der Waals surface area (Å²) in [6, 6.07) is 13.7. The van der Waals surface area contributed by atoms with E-state index in [1.807, 2.05) is 56.3 Å². The smallest absolute Gasteiger partial charge is 0.143 e. The fourth-order valence-corrected chi connectivity index (χ4v) is 4.86. The molecule has 31 heavy (non-hydrogen) atoms. The van der Waals surface area contributed by atoms with Crippen LogP contribution >= 0.6 is 23.2 Å². The van der Waals surface area contributed by atoms with Gasteiger partial charge in [0.1, 0.15) is 23.0 Å². The number of terminal acetylenes is 1. The molecule has 4 nitrogen and oxygen atoms in total. The first-order chi connectivity index (χ1) is 14.9. The molecule has 1 fully saturated rings. The highest BCUT2D eigenvalue weighted by molar-refractivity contribution is 6.38. The Labute approximate surface area is 192 Å². The van der Waals surface area contributed by atoms with Crippen LogP contribution < -0.4 is 5.32 Å². The van der Waals surface area contributed by atoms with Crippen molar-refractivity contribution in [3.63, 3.8) is 0 Å². The molecule has 1 heterocycles. The minimum atomic E-state index is -0.600. The average Bonchev–Trinajstić information content (AvgIpc) is 3.48. The van der Waals surface area contributed by atoms with Crippen molar-refractivity contribution in [2.45, 2.75) is 45.1 Å². The summed E-state index contributed by atoms with van der Waals surface area (Å²) in [5, 5.41) is 9.10. The topological polar surface area (TPSA) is 46.9 Å². The van der Waals surface area contributed by atoms with E-state index in [0.717, 1.165) is 29.5 Å². The van der Waals surface area contributed by atoms with Crippen molar-refractivity contribution < 1.29 is 4.79 Å². The molecule has 1 aliphatic carbocycles. The van der Waals surface area contributed by atoms with Gasteiger partial charge in [0.05, 0.1) is 15.5 Å². The second-order valence-electron chi connectivity index (χ2n) is 7.90. The zero-order valence-corrected chi connectivity index (χ0v) is 19.0. The van der Waals surface area contributed by atoms with Crippen molar-refractivity contribution >= 4 is 34.8 Å². The summed E-state index contributed by atoms with van der Waals surface area (Å²) in [4.78, 5) is 12.9. The predicted octanol–water partition coefficient (Wildman–Crippen LogP) is 6.09. The third-order valence-electron chi connectivity index (χ3n) is 5.78. The molecule has 2 aromatic carbocycles. The van der Waals surface area contributed by atoms with Crippen LogP contribution in [0.2, 0.25) is 10.0 Å². The quantitative estimate of drug-likeness (QED) is 0.441. The Morgan fingerprint density at radius 3 is 2.42 bits per heavy atom. The van der Waals surface area contributed by atoms with Crippen molar-refractivity contribution in [3.05, 3.63) is 74.9 Å². The molecule has 0 spiro atoms. The van der Waals surface area contributed by atoms with Gasteiger partial charge in [0.2, 0.25) is 0 Å². The van der Waals surface area contributed by atoms with Gasteiger partial charge in [0, 0.05) is 18.5 Å². The minimum Gasteiger partial charge on any atom is -0.366 e. The normalized spacial score (nSPS) is 14.2. The van der Waals surface area contributed by atoms with Crippen molar-refractivity contribution in [1.29, 1.82) is 0 Å². The lowest BCUT2D eigenvalue weighted by Gasteiger charge is -2.18. The molecular weight excluding hydrogens is 429 g/mol. The zero-order valence-electron chi connectivity index (χ0n) is 17.5. The Morgan fingerprint density at radius 1 is 1.23 bits per heavy atom. The molecule has 0 saturated heterocycles. The SMILES string of the molecule is C#Cc1nn(-c2c(Cl)cc(C)cc2Cl)c(NCc2ccccc2)c1C1(C(=O)CC)CC1. The summed E-state index contributed by atoms with van der Waals surface area (Å²) in [6.45, 7) is 4.35. The summed E-state index contributed by atoms with van der Waals surface area (Å²) in [7, 11) is 0. The Bertz CT molecular complexity index is 1160. The number of nitrogens with one attached hydrogen (secondary N) is 1. The molecule has 1 aromatic heterocycles. The summed E-state index contributed by atoms with van der Waals surface area (Å²) < 4.78 is 1.67. The molecule has 3 aromatic rings. The fourth-order valence-electron chi connectivity index (χ4n) is 4.11. The zero-order chi connectivity index (χ0) is 22.2. The maximum atomic E-state index is 12.9. The second kappa shape index (κ2) is 8.42. The molecule has 6 heteroatoms. The van der Waals surface area contributed by atoms with E-state index in [1.54, 1.807) is 4.68 Å². The van der Waals surface area contributed by atoms with Gasteiger partial charge in [0.25, 0.3) is 0 Å². The van der Waals surface area contributed by atoms with Crippen LogP contribution in [-0.2, 0) is 16.8 Å². The van der Waals surface area contributed by atoms with Crippen LogP contribution in [0.4, 0.5) is 5.82 Å². The highest BCUT2D eigenvalue weighted by atomic mass is 35.5. The molecule has 1 saturated carbocycles. The Morgan fingerprint density at radius 2 is 1.87 bits per heavy atom. The molecule has 1 N–H and O–H groups in total. The molecular formula is C25H23Cl2N3O. The first-order valence-corrected chi connectivity index (χ1v) is 11.0. The van der Waals surface area contributed by atoms with Crippen molar-refractivity contribution in [2.75, 3.05) is 5.32 Å². The van der Waals surface area contributed by atoms with E-state index in [1.165, 1.54) is 0 Å². The number of hydrogen-bond acceptors (Lipinski definition) is 3. The highest BCUT2D eigenvalue weighted by Crippen LogP contribution is 2.54. The van der Waals surface area contributed by atoms with Crippen LogP contribution in [-0.4, -0.2) is 15.6 Å². The van der Waals surface area contributed by atoms with E-state index >= 15 is 0 Å². The third kappa shape index (κ3) is 3.84. The summed E-state index contributed by atoms with van der Waals surface area (Å²) >= 11 is 13.2. The monoisotopic (exact) mass is 451 g/mol. The van der Waals surface area contributed by atoms with Gasteiger partial charge in [-0.1, -0.05) is 60.5 Å². The Hall–Kier alpha value is -2.74. The van der Waals surface area contributed by atoms with Gasteiger partial charge < -0.3 is 5.32 Å². The largest absolute Gasteiger partial charge is 0.366 e. The van der Waals surface area contributed by atoms with Gasteiger partial charge in [-0.25, -0.2) is 4.68 Å². The van der Waals surface area contributed by atoms with E-state index < -0.39 is 5.41 Å². The summed E-state index contributed by atoms with van der Waals surface area (Å²) in [5.41, 5.74) is 3.20. The first kappa shape index (κ1) is 21.5. The summed E-state index contributed by atoms with van der Waals surface area (Å²) in [5.74, 6) is 3.53. The van der Waals surface area contributed by atoms with E-state index in [0.29, 0.717) is 40.2 Å². The molecule has 0 unspecified atom stereocenters. The van der Waals surface area contributed by atoms with Gasteiger partial charge in [-0.2, -0.15) is 5.10 Å². The minimum absolute atomic E-state index is 0.174. The number of aromatic nitrogens is 2. The summed E-state index contributed by atoms with van der Waals surface area (Å²) in [6.07, 6.45) is 7.82. The van der Waals surface area contributed by atoms with Gasteiger partial charge in [-0.15, -0.1) is 6.42 Å². The van der Waals surface area contributed by atoms with Gasteiger partial charge in [0.15, 0.2) is 0 Å². The number of aryl methyl sites for hydroxylation is 1. The molecule has 0 radical (unpaired) electrons. The number of rotatable bonds is 7. The number of anilines is 1. The fraction of sp³-hybridized carbons (Fsp3) is 0.280. The molecule has 158 valence electrons. The lowest BCUT2D eigenvalue weighted by atomic mass is 9.89. The number of carbonyl (C=O) groups is 1. The number of halogens is 2. The Balaban J connectivity index is 1.92. The molecule has 0 aliphatic heterocycles. The number of hydrogen-bond donors (Lipinski definition) is 1. The second-order valence-corrected chi connectivity index (χ2v) is 8.72. The lowest BCUT2D eigenvalue weighted by Crippen LogP contribution is -2.22. The van der Waals surface area contributed by atoms with Crippen LogP contribution in [0.1, 0.15) is 48.6 Å². The molecule has 4 rings (SSSR count). The van der Waals surface area contributed by atoms with Crippen LogP contribution in [0.25, 0.3) is 5.69 Å². The first-order valence-electron chi connectivity index (χ1n) is 10.3. The van der Waals surface area contributed by atoms with E-state index in [2.05, 4.69) is 16.3 Å². The van der Waals surface area contributed by atoms with Gasteiger partial charge >= 0.3 is 0 Å². The number of carbonyl (C=O) groups excluding carboxylic acids is 1. The van der Waals surface area contributed by atoms with Gasteiger partial charge in [-0.05, 0) is 48.9 Å². The van der Waals surface area contributed by atoms with Crippen molar-refractivity contribution in [3.8, 4) is 18.0 Å².